The Hall–Kier alpha value is -1.25. The number of methoxy groups -OCH3 is 2. The molecule has 0 saturated carbocycles. The Balaban J connectivity index is 3.21. The zero-order valence-corrected chi connectivity index (χ0v) is 7.33. The first-order valence-corrected chi connectivity index (χ1v) is 3.67. The fraction of sp³-hybridized carbons (Fsp3) is 0.222. The number of hydrogen-bond acceptors (Lipinski definition) is 2. The topological polar surface area (TPSA) is 18.5 Å². The molecule has 0 atom stereocenters. The monoisotopic (exact) mass is 162 g/mol. The predicted octanol–water partition coefficient (Wildman–Crippen LogP) is 0.755. The summed E-state index contributed by atoms with van der Waals surface area (Å²) in [4.78, 5) is 0. The van der Waals surface area contributed by atoms with Gasteiger partial charge in [0.2, 0.25) is 0 Å². The summed E-state index contributed by atoms with van der Waals surface area (Å²) in [6.45, 7) is 0. The van der Waals surface area contributed by atoms with Crippen molar-refractivity contribution in [3.63, 3.8) is 0 Å². The van der Waals surface area contributed by atoms with E-state index in [1.807, 2.05) is 18.2 Å². The van der Waals surface area contributed by atoms with Gasteiger partial charge in [-0.15, -0.1) is 0 Å². The first kappa shape index (κ1) is 8.85. The third kappa shape index (κ3) is 1.50. The van der Waals surface area contributed by atoms with E-state index in [0.717, 1.165) is 17.1 Å². The molecule has 2 nitrogen and oxygen atoms in total. The predicted molar refractivity (Wildman–Crippen MR) is 51.9 cm³/mol. The summed E-state index contributed by atoms with van der Waals surface area (Å²) in [6.07, 6.45) is 0. The number of ether oxygens (including phenoxy) is 2. The van der Waals surface area contributed by atoms with Gasteiger partial charge in [-0.2, -0.15) is 0 Å². The van der Waals surface area contributed by atoms with Crippen LogP contribution in [0.1, 0.15) is 5.56 Å². The van der Waals surface area contributed by atoms with E-state index >= 15 is 0 Å². The van der Waals surface area contributed by atoms with Gasteiger partial charge >= 0.3 is 72.4 Å². The molecule has 62 valence electrons. The summed E-state index contributed by atoms with van der Waals surface area (Å²) in [5.41, 5.74) is 0.891. The van der Waals surface area contributed by atoms with Crippen LogP contribution in [0, 0.1) is 0 Å². The second-order valence-electron chi connectivity index (χ2n) is 2.28. The second-order valence-corrected chi connectivity index (χ2v) is 2.28. The minimum absolute atomic E-state index is 0.782. The van der Waals surface area contributed by atoms with Crippen molar-refractivity contribution in [1.82, 2.24) is 0 Å². The molecule has 0 aliphatic rings. The molecule has 1 aromatic carbocycles. The normalized spacial score (nSPS) is 9.08. The van der Waals surface area contributed by atoms with Crippen LogP contribution in [0.15, 0.2) is 18.2 Å². The van der Waals surface area contributed by atoms with E-state index in [1.165, 1.54) is 0 Å². The standard InChI is InChI=1S/C9H11BO2/c1-11-8-4-3-5-9(12-2)7(8)6-10/h3-6,10H,1-2H3. The molecule has 0 aromatic heterocycles. The SMILES string of the molecule is B=Cc1c(OC)cccc1OC. The molecule has 0 heterocycles. The van der Waals surface area contributed by atoms with Gasteiger partial charge in [0.25, 0.3) is 0 Å². The molecule has 12 heavy (non-hydrogen) atoms. The van der Waals surface area contributed by atoms with E-state index in [1.54, 1.807) is 20.2 Å². The molecule has 0 N–H and O–H groups in total. The molecular weight excluding hydrogens is 151 g/mol. The van der Waals surface area contributed by atoms with Crippen LogP contribution in [-0.2, 0) is 0 Å². The third-order valence-corrected chi connectivity index (χ3v) is 1.67. The van der Waals surface area contributed by atoms with Crippen LogP contribution in [0.4, 0.5) is 0 Å². The molecule has 0 bridgehead atoms. The van der Waals surface area contributed by atoms with Crippen molar-refractivity contribution in [2.75, 3.05) is 14.2 Å². The van der Waals surface area contributed by atoms with Gasteiger partial charge in [-0.05, 0) is 0 Å². The number of hydrogen-bond donors (Lipinski definition) is 0. The molecule has 3 heteroatoms. The molecule has 1 rings (SSSR count). The fourth-order valence-corrected chi connectivity index (χ4v) is 1.08. The van der Waals surface area contributed by atoms with Crippen LogP contribution in [0.3, 0.4) is 0 Å². The van der Waals surface area contributed by atoms with Crippen LogP contribution < -0.4 is 9.47 Å². The number of rotatable bonds is 3. The summed E-state index contributed by atoms with van der Waals surface area (Å²) < 4.78 is 10.3. The van der Waals surface area contributed by atoms with Crippen molar-refractivity contribution < 1.29 is 9.47 Å². The average Bonchev–Trinajstić information content (AvgIpc) is 2.16. The Kier molecular flexibility index (Phi) is 2.91. The Labute approximate surface area is 73.2 Å². The zero-order valence-electron chi connectivity index (χ0n) is 7.33. The van der Waals surface area contributed by atoms with Crippen LogP contribution in [0.2, 0.25) is 0 Å². The van der Waals surface area contributed by atoms with Gasteiger partial charge in [0.05, 0.1) is 0 Å². The second kappa shape index (κ2) is 3.95. The van der Waals surface area contributed by atoms with Crippen LogP contribution in [0.5, 0.6) is 11.5 Å². The van der Waals surface area contributed by atoms with Crippen molar-refractivity contribution in [1.29, 1.82) is 0 Å². The first-order valence-electron chi connectivity index (χ1n) is 3.67. The summed E-state index contributed by atoms with van der Waals surface area (Å²) in [5.74, 6) is 3.28. The Morgan fingerprint density at radius 3 is 2.00 bits per heavy atom. The molecule has 0 radical (unpaired) electrons. The maximum atomic E-state index is 5.13. The van der Waals surface area contributed by atoms with Crippen molar-refractivity contribution in [2.24, 2.45) is 0 Å². The summed E-state index contributed by atoms with van der Waals surface area (Å²) >= 11 is 0. The maximum absolute atomic E-state index is 5.13. The molecule has 0 amide bonds. The van der Waals surface area contributed by atoms with E-state index in [0.29, 0.717) is 0 Å². The Bertz CT molecular complexity index is 262. The van der Waals surface area contributed by atoms with E-state index in [2.05, 4.69) is 7.49 Å². The number of benzene rings is 1. The quantitative estimate of drug-likeness (QED) is 0.610. The van der Waals surface area contributed by atoms with Crippen molar-refractivity contribution in [3.05, 3.63) is 23.8 Å². The van der Waals surface area contributed by atoms with Gasteiger partial charge < -0.3 is 0 Å². The van der Waals surface area contributed by atoms with Gasteiger partial charge in [0, 0.05) is 0 Å². The van der Waals surface area contributed by atoms with E-state index in [4.69, 9.17) is 9.47 Å². The van der Waals surface area contributed by atoms with Gasteiger partial charge in [-0.1, -0.05) is 0 Å². The van der Waals surface area contributed by atoms with Crippen molar-refractivity contribution in [2.45, 2.75) is 0 Å². The molecule has 0 aliphatic heterocycles. The Morgan fingerprint density at radius 1 is 1.17 bits per heavy atom. The van der Waals surface area contributed by atoms with Crippen LogP contribution in [-0.4, -0.2) is 27.7 Å². The summed E-state index contributed by atoms with van der Waals surface area (Å²) in [6, 6.07) is 5.63. The zero-order chi connectivity index (χ0) is 8.97. The van der Waals surface area contributed by atoms with Crippen LogP contribution >= 0.6 is 0 Å². The summed E-state index contributed by atoms with van der Waals surface area (Å²) in [7, 11) is 6.94. The third-order valence-electron chi connectivity index (χ3n) is 1.67. The van der Waals surface area contributed by atoms with Gasteiger partial charge in [0.1, 0.15) is 0 Å². The first-order chi connectivity index (χ1) is 5.83. The molecular formula is C9H11BO2. The fourth-order valence-electron chi connectivity index (χ4n) is 1.08. The molecule has 0 saturated heterocycles. The van der Waals surface area contributed by atoms with Crippen molar-refractivity contribution >= 4 is 13.5 Å². The molecule has 0 spiro atoms. The van der Waals surface area contributed by atoms with Gasteiger partial charge in [0.15, 0.2) is 0 Å². The van der Waals surface area contributed by atoms with E-state index < -0.39 is 0 Å². The molecule has 0 unspecified atom stereocenters. The van der Waals surface area contributed by atoms with Gasteiger partial charge in [-0.25, -0.2) is 0 Å². The average molecular weight is 162 g/mol. The minimum atomic E-state index is 0.782. The Morgan fingerprint density at radius 2 is 1.67 bits per heavy atom. The molecule has 0 fully saturated rings. The van der Waals surface area contributed by atoms with E-state index in [9.17, 15) is 0 Å². The van der Waals surface area contributed by atoms with Crippen LogP contribution in [0.25, 0.3) is 0 Å². The molecule has 1 aromatic rings. The van der Waals surface area contributed by atoms with Gasteiger partial charge in [-0.3, -0.25) is 0 Å². The van der Waals surface area contributed by atoms with E-state index in [-0.39, 0.29) is 0 Å². The van der Waals surface area contributed by atoms with Crippen molar-refractivity contribution in [3.8, 4) is 11.5 Å². The summed E-state index contributed by atoms with van der Waals surface area (Å²) in [5, 5.41) is 0. The molecule has 0 aliphatic carbocycles.